The van der Waals surface area contributed by atoms with E-state index >= 15 is 0 Å². The molecular weight excluding hydrogens is 519 g/mol. The first kappa shape index (κ1) is 24.9. The molecule has 6 rings (SSSR count). The van der Waals surface area contributed by atoms with E-state index in [1.807, 2.05) is 13.8 Å². The molecule has 3 aliphatic rings. The summed E-state index contributed by atoms with van der Waals surface area (Å²) in [7, 11) is 0. The fourth-order valence-corrected chi connectivity index (χ4v) is 6.77. The number of hydrogen-bond donors (Lipinski definition) is 2. The predicted molar refractivity (Wildman–Crippen MR) is 133 cm³/mol. The number of thiophene rings is 1. The Bertz CT molecular complexity index is 1480. The van der Waals surface area contributed by atoms with Gasteiger partial charge in [0.05, 0.1) is 45.9 Å². The topological polar surface area (TPSA) is 104 Å². The maximum Gasteiger partial charge on any atom is 0.417 e. The van der Waals surface area contributed by atoms with Crippen LogP contribution in [0.3, 0.4) is 0 Å². The fourth-order valence-electron chi connectivity index (χ4n) is 5.64. The van der Waals surface area contributed by atoms with Gasteiger partial charge in [-0.3, -0.25) is 29.3 Å². The lowest BCUT2D eigenvalue weighted by Crippen LogP contribution is -2.53. The lowest BCUT2D eigenvalue weighted by molar-refractivity contribution is -0.143. The number of piperidine rings is 1. The van der Waals surface area contributed by atoms with Gasteiger partial charge in [-0.25, -0.2) is 0 Å². The molecule has 3 aromatic rings. The molecule has 1 saturated carbocycles. The van der Waals surface area contributed by atoms with Crippen molar-refractivity contribution in [2.24, 2.45) is 17.3 Å². The van der Waals surface area contributed by atoms with Gasteiger partial charge >= 0.3 is 6.18 Å². The summed E-state index contributed by atoms with van der Waals surface area (Å²) in [6, 6.07) is 3.82. The Balaban J connectivity index is 1.38. The van der Waals surface area contributed by atoms with Crippen LogP contribution in [-0.2, 0) is 33.5 Å². The molecule has 5 heterocycles. The number of piperazine rings is 1. The zero-order chi connectivity index (χ0) is 27.0. The second-order valence-electron chi connectivity index (χ2n) is 10.5. The van der Waals surface area contributed by atoms with Crippen molar-refractivity contribution in [2.75, 3.05) is 13.1 Å². The van der Waals surface area contributed by atoms with E-state index in [9.17, 15) is 27.6 Å². The molecule has 3 amide bonds. The van der Waals surface area contributed by atoms with Crippen molar-refractivity contribution in [1.82, 2.24) is 25.5 Å². The molecule has 3 atom stereocenters. The summed E-state index contributed by atoms with van der Waals surface area (Å²) in [6.45, 7) is 4.96. The minimum absolute atomic E-state index is 0.0983. The Morgan fingerprint density at radius 1 is 1.08 bits per heavy atom. The lowest BCUT2D eigenvalue weighted by atomic mass is 9.97. The smallest absolute Gasteiger partial charge is 0.353 e. The molecule has 2 N–H and O–H groups in total. The van der Waals surface area contributed by atoms with Crippen LogP contribution in [0.15, 0.2) is 30.6 Å². The van der Waals surface area contributed by atoms with Gasteiger partial charge in [0.2, 0.25) is 17.7 Å². The largest absolute Gasteiger partial charge is 0.417 e. The summed E-state index contributed by atoms with van der Waals surface area (Å²) >= 11 is 1.28. The van der Waals surface area contributed by atoms with Crippen LogP contribution in [0.5, 0.6) is 0 Å². The van der Waals surface area contributed by atoms with Crippen molar-refractivity contribution in [1.29, 1.82) is 0 Å². The van der Waals surface area contributed by atoms with Gasteiger partial charge in [0, 0.05) is 47.9 Å². The number of likely N-dealkylation sites (tertiary alicyclic amines) is 1. The first-order valence-corrected chi connectivity index (χ1v) is 13.1. The highest BCUT2D eigenvalue weighted by molar-refractivity contribution is 7.19. The number of pyridine rings is 2. The molecule has 1 aliphatic carbocycles. The summed E-state index contributed by atoms with van der Waals surface area (Å²) in [5.41, 5.74) is 0.452. The van der Waals surface area contributed by atoms with Crippen LogP contribution in [0.25, 0.3) is 21.3 Å². The molecule has 12 heteroatoms. The second kappa shape index (κ2) is 8.57. The van der Waals surface area contributed by atoms with Crippen LogP contribution >= 0.6 is 11.3 Å². The maximum atomic E-state index is 13.6. The van der Waals surface area contributed by atoms with E-state index < -0.39 is 17.8 Å². The number of halogens is 3. The van der Waals surface area contributed by atoms with Crippen LogP contribution in [0.4, 0.5) is 13.2 Å². The molecule has 3 aromatic heterocycles. The van der Waals surface area contributed by atoms with E-state index in [-0.39, 0.29) is 53.5 Å². The summed E-state index contributed by atoms with van der Waals surface area (Å²) in [6.07, 6.45) is -2.20. The van der Waals surface area contributed by atoms with Gasteiger partial charge in [-0.1, -0.05) is 13.8 Å². The number of fused-ring (bicyclic) bond motifs is 2. The average molecular weight is 544 g/mol. The molecule has 0 bridgehead atoms. The van der Waals surface area contributed by atoms with Gasteiger partial charge in [0.15, 0.2) is 0 Å². The van der Waals surface area contributed by atoms with E-state index in [1.165, 1.54) is 22.4 Å². The van der Waals surface area contributed by atoms with Gasteiger partial charge < -0.3 is 10.6 Å². The first-order chi connectivity index (χ1) is 18.0. The SMILES string of the molecule is CC1(C)C2C(=O)N(Cc3cc4nccc(-c5cc(C(F)(F)F)cnc5CC5NCCNC5=O)c4s3)C(=O)C21. The third-order valence-corrected chi connectivity index (χ3v) is 8.93. The fraction of sp³-hybridized carbons (Fsp3) is 0.423. The quantitative estimate of drug-likeness (QED) is 0.480. The number of carbonyl (C=O) groups is 3. The Morgan fingerprint density at radius 2 is 1.82 bits per heavy atom. The molecule has 198 valence electrons. The molecule has 0 aromatic carbocycles. The summed E-state index contributed by atoms with van der Waals surface area (Å²) in [5, 5.41) is 5.85. The van der Waals surface area contributed by atoms with Gasteiger partial charge in [0.1, 0.15) is 0 Å². The predicted octanol–water partition coefficient (Wildman–Crippen LogP) is 3.15. The van der Waals surface area contributed by atoms with E-state index in [0.29, 0.717) is 39.4 Å². The first-order valence-electron chi connectivity index (χ1n) is 12.3. The Morgan fingerprint density at radius 3 is 2.50 bits per heavy atom. The Kier molecular flexibility index (Phi) is 5.62. The van der Waals surface area contributed by atoms with Crippen LogP contribution in [0, 0.1) is 17.3 Å². The van der Waals surface area contributed by atoms with Gasteiger partial charge in [-0.05, 0) is 23.6 Å². The molecule has 3 fully saturated rings. The van der Waals surface area contributed by atoms with E-state index in [0.717, 1.165) is 12.3 Å². The van der Waals surface area contributed by atoms with Gasteiger partial charge in [0.25, 0.3) is 0 Å². The highest BCUT2D eigenvalue weighted by Crippen LogP contribution is 2.63. The number of nitrogens with zero attached hydrogens (tertiary/aromatic N) is 3. The number of rotatable bonds is 5. The Hall–Kier alpha value is -3.38. The van der Waals surface area contributed by atoms with Crippen LogP contribution in [-0.4, -0.2) is 51.7 Å². The van der Waals surface area contributed by atoms with Crippen LogP contribution in [0.2, 0.25) is 0 Å². The minimum Gasteiger partial charge on any atom is -0.353 e. The van der Waals surface area contributed by atoms with Gasteiger partial charge in [-0.2, -0.15) is 13.2 Å². The number of hydrogen-bond acceptors (Lipinski definition) is 7. The highest BCUT2D eigenvalue weighted by atomic mass is 32.1. The number of amides is 3. The van der Waals surface area contributed by atoms with E-state index in [4.69, 9.17) is 0 Å². The van der Waals surface area contributed by atoms with E-state index in [1.54, 1.807) is 12.1 Å². The third kappa shape index (κ3) is 3.97. The summed E-state index contributed by atoms with van der Waals surface area (Å²) in [4.78, 5) is 48.4. The molecule has 38 heavy (non-hydrogen) atoms. The zero-order valence-corrected chi connectivity index (χ0v) is 21.4. The van der Waals surface area contributed by atoms with Crippen LogP contribution in [0.1, 0.15) is 30.0 Å². The molecule has 0 radical (unpaired) electrons. The van der Waals surface area contributed by atoms with Crippen molar-refractivity contribution in [2.45, 2.75) is 39.0 Å². The van der Waals surface area contributed by atoms with Gasteiger partial charge in [-0.15, -0.1) is 11.3 Å². The molecule has 2 aliphatic heterocycles. The molecule has 3 unspecified atom stereocenters. The Labute approximate surface area is 219 Å². The number of imide groups is 1. The standard InChI is InChI=1S/C26H24F3N5O3S/c1-25(2)19-20(25)24(37)34(23(19)36)11-13-8-17-21(38-13)14(3-4-30-17)15-7-12(26(27,28)29)10-33-16(15)9-18-22(35)32-6-5-31-18/h3-4,7-8,10,18-20,31H,5-6,9,11H2,1-2H3,(H,32,35). The van der Waals surface area contributed by atoms with Crippen molar-refractivity contribution in [3.05, 3.63) is 46.7 Å². The number of alkyl halides is 3. The molecular formula is C26H24F3N5O3S. The number of aromatic nitrogens is 2. The highest BCUT2D eigenvalue weighted by Gasteiger charge is 2.72. The van der Waals surface area contributed by atoms with Crippen LogP contribution < -0.4 is 10.6 Å². The monoisotopic (exact) mass is 543 g/mol. The minimum atomic E-state index is -4.60. The zero-order valence-electron chi connectivity index (χ0n) is 20.6. The normalized spacial score (nSPS) is 24.6. The van der Waals surface area contributed by atoms with Crippen molar-refractivity contribution in [3.63, 3.8) is 0 Å². The average Bonchev–Trinajstić information content (AvgIpc) is 3.10. The van der Waals surface area contributed by atoms with Crippen molar-refractivity contribution < 1.29 is 27.6 Å². The lowest BCUT2D eigenvalue weighted by Gasteiger charge is -2.24. The molecule has 2 saturated heterocycles. The molecule has 8 nitrogen and oxygen atoms in total. The molecule has 0 spiro atoms. The summed E-state index contributed by atoms with van der Waals surface area (Å²) in [5.74, 6) is -1.18. The third-order valence-electron chi connectivity index (χ3n) is 7.79. The maximum absolute atomic E-state index is 13.6. The van der Waals surface area contributed by atoms with Crippen molar-refractivity contribution in [3.8, 4) is 11.1 Å². The van der Waals surface area contributed by atoms with Crippen molar-refractivity contribution >= 4 is 39.3 Å². The van der Waals surface area contributed by atoms with E-state index in [2.05, 4.69) is 20.6 Å². The second-order valence-corrected chi connectivity index (χ2v) is 11.7. The number of nitrogens with one attached hydrogen (secondary N) is 2. The summed E-state index contributed by atoms with van der Waals surface area (Å²) < 4.78 is 41.6. The number of carbonyl (C=O) groups excluding carboxylic acids is 3.